The van der Waals surface area contributed by atoms with Crippen LogP contribution in [0.25, 0.3) is 10.6 Å². The number of amides is 2. The van der Waals surface area contributed by atoms with Gasteiger partial charge < -0.3 is 5.32 Å². The lowest BCUT2D eigenvalue weighted by Gasteiger charge is -2.21. The van der Waals surface area contributed by atoms with E-state index in [1.54, 1.807) is 19.9 Å². The number of anilines is 1. The number of benzene rings is 2. The first-order valence-electron chi connectivity index (χ1n) is 9.12. The normalized spacial score (nSPS) is 11.9. The third-order valence-electron chi connectivity index (χ3n) is 4.31. The first kappa shape index (κ1) is 20.6. The summed E-state index contributed by atoms with van der Waals surface area (Å²) in [5.74, 6) is -1.93. The largest absolute Gasteiger partial charge is 0.340 e. The number of hydrogen-bond donors (Lipinski definition) is 2. The van der Waals surface area contributed by atoms with E-state index in [1.165, 1.54) is 29.5 Å². The molecule has 1 aromatic heterocycles. The Morgan fingerprint density at radius 1 is 1.03 bits per heavy atom. The van der Waals surface area contributed by atoms with E-state index in [2.05, 4.69) is 20.8 Å². The highest BCUT2D eigenvalue weighted by molar-refractivity contribution is 7.18. The molecule has 0 unspecified atom stereocenters. The molecule has 2 aromatic carbocycles. The molecule has 0 fully saturated rings. The van der Waals surface area contributed by atoms with Crippen molar-refractivity contribution in [1.29, 1.82) is 0 Å². The molecule has 8 heteroatoms. The van der Waals surface area contributed by atoms with Gasteiger partial charge in [-0.25, -0.2) is 4.39 Å². The molecule has 3 aromatic rings. The molecule has 1 heterocycles. The van der Waals surface area contributed by atoms with Crippen LogP contribution in [0.4, 0.5) is 9.52 Å². The average molecular weight is 412 g/mol. The second-order valence-corrected chi connectivity index (χ2v) is 7.92. The molecule has 0 aliphatic rings. The minimum atomic E-state index is -0.853. The fourth-order valence-electron chi connectivity index (χ4n) is 2.67. The number of carbonyl (C=O) groups is 2. The van der Waals surface area contributed by atoms with Gasteiger partial charge in [-0.05, 0) is 25.0 Å². The fourth-order valence-corrected chi connectivity index (χ4v) is 3.42. The summed E-state index contributed by atoms with van der Waals surface area (Å²) in [5.41, 5.74) is 1.93. The van der Waals surface area contributed by atoms with E-state index in [-0.39, 0.29) is 11.5 Å². The Labute approximate surface area is 172 Å². The van der Waals surface area contributed by atoms with E-state index < -0.39 is 23.7 Å². The Morgan fingerprint density at radius 2 is 1.72 bits per heavy atom. The number of halogens is 1. The summed E-state index contributed by atoms with van der Waals surface area (Å²) in [5, 5.41) is 14.4. The number of carbonyl (C=O) groups excluding carboxylic acids is 2. The molecule has 29 heavy (non-hydrogen) atoms. The third-order valence-corrected chi connectivity index (χ3v) is 5.20. The fraction of sp³-hybridized carbons (Fsp3) is 0.238. The lowest BCUT2D eigenvalue weighted by molar-refractivity contribution is -0.118. The number of aryl methyl sites for hydroxylation is 1. The quantitative estimate of drug-likeness (QED) is 0.640. The number of rotatable bonds is 6. The molecular formula is C21H21FN4O2S. The zero-order valence-electron chi connectivity index (χ0n) is 16.3. The van der Waals surface area contributed by atoms with Gasteiger partial charge in [0.2, 0.25) is 11.0 Å². The first-order valence-corrected chi connectivity index (χ1v) is 9.93. The maximum absolute atomic E-state index is 13.9. The van der Waals surface area contributed by atoms with Crippen LogP contribution in [0.2, 0.25) is 0 Å². The number of aromatic nitrogens is 2. The number of nitrogens with zero attached hydrogens (tertiary/aromatic N) is 2. The van der Waals surface area contributed by atoms with Gasteiger partial charge in [0.25, 0.3) is 5.91 Å². The molecule has 0 saturated heterocycles. The summed E-state index contributed by atoms with van der Waals surface area (Å²) < 4.78 is 13.9. The minimum absolute atomic E-state index is 0.108. The van der Waals surface area contributed by atoms with Gasteiger partial charge in [0.1, 0.15) is 16.9 Å². The van der Waals surface area contributed by atoms with E-state index in [0.29, 0.717) is 10.1 Å². The Balaban J connectivity index is 1.71. The second kappa shape index (κ2) is 8.91. The van der Waals surface area contributed by atoms with Crippen molar-refractivity contribution in [2.75, 3.05) is 5.32 Å². The molecule has 2 amide bonds. The second-order valence-electron chi connectivity index (χ2n) is 6.94. The van der Waals surface area contributed by atoms with Crippen LogP contribution < -0.4 is 10.6 Å². The Morgan fingerprint density at radius 3 is 2.38 bits per heavy atom. The van der Waals surface area contributed by atoms with Crippen molar-refractivity contribution in [2.24, 2.45) is 5.92 Å². The Hall–Kier alpha value is -3.13. The van der Waals surface area contributed by atoms with E-state index >= 15 is 0 Å². The van der Waals surface area contributed by atoms with Gasteiger partial charge in [0.05, 0.1) is 5.56 Å². The number of nitrogens with one attached hydrogen (secondary N) is 2. The maximum Gasteiger partial charge on any atom is 0.254 e. The third kappa shape index (κ3) is 5.03. The zero-order valence-corrected chi connectivity index (χ0v) is 17.1. The van der Waals surface area contributed by atoms with Crippen LogP contribution in [0.15, 0.2) is 48.5 Å². The Bertz CT molecular complexity index is 1020. The van der Waals surface area contributed by atoms with Crippen LogP contribution >= 0.6 is 11.3 Å². The molecule has 150 valence electrons. The van der Waals surface area contributed by atoms with Gasteiger partial charge in [-0.1, -0.05) is 67.1 Å². The lowest BCUT2D eigenvalue weighted by atomic mass is 10.0. The highest BCUT2D eigenvalue weighted by Gasteiger charge is 2.26. The predicted molar refractivity (Wildman–Crippen MR) is 111 cm³/mol. The van der Waals surface area contributed by atoms with Crippen molar-refractivity contribution in [1.82, 2.24) is 15.5 Å². The maximum atomic E-state index is 13.9. The first-order chi connectivity index (χ1) is 13.8. The SMILES string of the molecule is Cc1ccc(-c2nnc(NC(=O)[C@@H](NC(=O)c3ccccc3F)C(C)C)s2)cc1. The van der Waals surface area contributed by atoms with Gasteiger partial charge in [0, 0.05) is 5.56 Å². The molecule has 0 aliphatic carbocycles. The highest BCUT2D eigenvalue weighted by atomic mass is 32.1. The summed E-state index contributed by atoms with van der Waals surface area (Å²) in [7, 11) is 0. The van der Waals surface area contributed by atoms with E-state index in [1.807, 2.05) is 31.2 Å². The summed E-state index contributed by atoms with van der Waals surface area (Å²) >= 11 is 1.24. The van der Waals surface area contributed by atoms with Crippen molar-refractivity contribution < 1.29 is 14.0 Å². The molecule has 0 aliphatic heterocycles. The summed E-state index contributed by atoms with van der Waals surface area (Å²) in [4.78, 5) is 25.1. The Kier molecular flexibility index (Phi) is 6.33. The van der Waals surface area contributed by atoms with Gasteiger partial charge in [0.15, 0.2) is 0 Å². The standard InChI is InChI=1S/C21H21FN4O2S/c1-12(2)17(23-18(27)15-6-4-5-7-16(15)22)19(28)24-21-26-25-20(29-21)14-10-8-13(3)9-11-14/h4-12,17H,1-3H3,(H,23,27)(H,24,26,28)/t17-/m0/s1. The van der Waals surface area contributed by atoms with Crippen molar-refractivity contribution >= 4 is 28.3 Å². The van der Waals surface area contributed by atoms with Crippen molar-refractivity contribution in [3.8, 4) is 10.6 Å². The zero-order chi connectivity index (χ0) is 21.0. The molecule has 0 saturated carbocycles. The van der Waals surface area contributed by atoms with Gasteiger partial charge in [-0.15, -0.1) is 10.2 Å². The van der Waals surface area contributed by atoms with Crippen LogP contribution in [0.5, 0.6) is 0 Å². The van der Waals surface area contributed by atoms with Crippen LogP contribution in [-0.2, 0) is 4.79 Å². The molecule has 0 spiro atoms. The van der Waals surface area contributed by atoms with E-state index in [0.717, 1.165) is 11.1 Å². The predicted octanol–water partition coefficient (Wildman–Crippen LogP) is 4.05. The molecule has 3 rings (SSSR count). The van der Waals surface area contributed by atoms with Crippen LogP contribution in [-0.4, -0.2) is 28.1 Å². The molecule has 1 atom stereocenters. The van der Waals surface area contributed by atoms with Gasteiger partial charge in [-0.2, -0.15) is 0 Å². The van der Waals surface area contributed by atoms with Crippen LogP contribution in [0.1, 0.15) is 29.8 Å². The van der Waals surface area contributed by atoms with E-state index in [9.17, 15) is 14.0 Å². The minimum Gasteiger partial charge on any atom is -0.340 e. The average Bonchev–Trinajstić information content (AvgIpc) is 3.14. The number of hydrogen-bond acceptors (Lipinski definition) is 5. The van der Waals surface area contributed by atoms with Crippen LogP contribution in [0.3, 0.4) is 0 Å². The van der Waals surface area contributed by atoms with Crippen LogP contribution in [0, 0.1) is 18.7 Å². The molecule has 0 bridgehead atoms. The summed E-state index contributed by atoms with van der Waals surface area (Å²) in [6.45, 7) is 5.59. The molecular weight excluding hydrogens is 391 g/mol. The molecule has 6 nitrogen and oxygen atoms in total. The van der Waals surface area contributed by atoms with Crippen molar-refractivity contribution in [3.05, 3.63) is 65.5 Å². The summed E-state index contributed by atoms with van der Waals surface area (Å²) in [6.07, 6.45) is 0. The topological polar surface area (TPSA) is 84.0 Å². The smallest absolute Gasteiger partial charge is 0.254 e. The molecule has 0 radical (unpaired) electrons. The molecule has 2 N–H and O–H groups in total. The lowest BCUT2D eigenvalue weighted by Crippen LogP contribution is -2.47. The highest BCUT2D eigenvalue weighted by Crippen LogP contribution is 2.26. The van der Waals surface area contributed by atoms with Crippen molar-refractivity contribution in [2.45, 2.75) is 26.8 Å². The monoisotopic (exact) mass is 412 g/mol. The summed E-state index contributed by atoms with van der Waals surface area (Å²) in [6, 6.07) is 12.6. The van der Waals surface area contributed by atoms with E-state index in [4.69, 9.17) is 0 Å². The van der Waals surface area contributed by atoms with Gasteiger partial charge in [-0.3, -0.25) is 14.9 Å². The van der Waals surface area contributed by atoms with Gasteiger partial charge >= 0.3 is 0 Å². The van der Waals surface area contributed by atoms with Crippen molar-refractivity contribution in [3.63, 3.8) is 0 Å².